The monoisotopic (exact) mass is 474 g/mol. The van der Waals surface area contributed by atoms with E-state index in [2.05, 4.69) is 6.07 Å². The zero-order valence-electron chi connectivity index (χ0n) is 19.3. The number of halogens is 1. The van der Waals surface area contributed by atoms with Crippen LogP contribution in [0.3, 0.4) is 0 Å². The minimum atomic E-state index is -0.105. The Labute approximate surface area is 203 Å². The van der Waals surface area contributed by atoms with Gasteiger partial charge in [0.25, 0.3) is 0 Å². The molecule has 0 saturated heterocycles. The van der Waals surface area contributed by atoms with Crippen LogP contribution in [0.4, 0.5) is 0 Å². The highest BCUT2D eigenvalue weighted by atomic mass is 35.5. The number of nitrogens with zero attached hydrogens (tertiary/aromatic N) is 3. The van der Waals surface area contributed by atoms with Gasteiger partial charge in [0.1, 0.15) is 0 Å². The number of hydrogen-bond acceptors (Lipinski definition) is 3. The molecule has 34 heavy (non-hydrogen) atoms. The van der Waals surface area contributed by atoms with Gasteiger partial charge in [0.15, 0.2) is 5.78 Å². The molecule has 3 aromatic carbocycles. The Balaban J connectivity index is 1.52. The van der Waals surface area contributed by atoms with Crippen molar-refractivity contribution < 1.29 is 9.59 Å². The van der Waals surface area contributed by atoms with Crippen LogP contribution in [0.1, 0.15) is 27.9 Å². The molecule has 1 N–H and O–H groups in total. The second-order valence-corrected chi connectivity index (χ2v) is 8.91. The molecule has 0 aliphatic heterocycles. The van der Waals surface area contributed by atoms with Crippen LogP contribution in [-0.4, -0.2) is 32.8 Å². The van der Waals surface area contributed by atoms with Gasteiger partial charge in [-0.3, -0.25) is 15.0 Å². The second-order valence-electron chi connectivity index (χ2n) is 8.47. The number of nitrogens with one attached hydrogen (secondary N) is 1. The molecule has 4 rings (SSSR count). The Bertz CT molecular complexity index is 1400. The third-order valence-electron chi connectivity index (χ3n) is 5.92. The zero-order chi connectivity index (χ0) is 24.2. The summed E-state index contributed by atoms with van der Waals surface area (Å²) in [5, 5.41) is 9.32. The molecule has 174 valence electrons. The first kappa shape index (κ1) is 23.5. The van der Waals surface area contributed by atoms with Crippen LogP contribution in [0.15, 0.2) is 72.8 Å². The Kier molecular flexibility index (Phi) is 6.98. The maximum Gasteiger partial charge on any atom is 0.224 e. The van der Waals surface area contributed by atoms with E-state index in [9.17, 15) is 9.59 Å². The number of ketones is 1. The number of benzene rings is 3. The van der Waals surface area contributed by atoms with Crippen molar-refractivity contribution in [2.24, 2.45) is 0 Å². The van der Waals surface area contributed by atoms with Crippen LogP contribution in [0.5, 0.6) is 0 Å². The molecule has 0 atom stereocenters. The molecule has 1 aromatic heterocycles. The van der Waals surface area contributed by atoms with Crippen LogP contribution < -0.4 is 5.62 Å². The molecule has 0 aliphatic rings. The lowest BCUT2D eigenvalue weighted by molar-refractivity contribution is -0.130. The maximum absolute atomic E-state index is 12.9. The fraction of sp³-hybridized carbons (Fsp3) is 0.222. The van der Waals surface area contributed by atoms with Gasteiger partial charge in [0.05, 0.1) is 17.6 Å². The van der Waals surface area contributed by atoms with Crippen molar-refractivity contribution in [1.82, 2.24) is 14.0 Å². The van der Waals surface area contributed by atoms with Crippen molar-refractivity contribution in [3.05, 3.63) is 100 Å². The fourth-order valence-corrected chi connectivity index (χ4v) is 4.25. The number of rotatable bonds is 8. The molecule has 0 spiro atoms. The Morgan fingerprint density at radius 1 is 0.941 bits per heavy atom. The predicted octanol–water partition coefficient (Wildman–Crippen LogP) is 4.82. The molecule has 1 amide bonds. The Morgan fingerprint density at radius 3 is 2.29 bits per heavy atom. The highest BCUT2D eigenvalue weighted by Crippen LogP contribution is 2.16. The minimum absolute atomic E-state index is 0.00229. The van der Waals surface area contributed by atoms with Gasteiger partial charge in [-0.05, 0) is 48.9 Å². The highest BCUT2D eigenvalue weighted by Gasteiger charge is 2.16. The highest BCUT2D eigenvalue weighted by molar-refractivity contribution is 6.30. The van der Waals surface area contributed by atoms with E-state index in [0.717, 1.165) is 22.2 Å². The standard InChI is InChI=1S/C27H27ClN4O2/c1-19-6-5-7-20(16-19)17-30(2)26(34)14-15-31-23-8-3-4-9-24(23)32(27(31)29)18-25(33)21-10-12-22(28)13-11-21/h3-13,16,29H,14-15,17-18H2,1-2H3. The van der Waals surface area contributed by atoms with Crippen molar-refractivity contribution >= 4 is 34.3 Å². The van der Waals surface area contributed by atoms with E-state index in [0.29, 0.717) is 23.7 Å². The number of hydrogen-bond donors (Lipinski definition) is 1. The molecule has 0 bridgehead atoms. The average molecular weight is 475 g/mol. The SMILES string of the molecule is Cc1cccc(CN(C)C(=O)CCn2c(=N)n(CC(=O)c3ccc(Cl)cc3)c3ccccc32)c1. The molecular weight excluding hydrogens is 448 g/mol. The molecule has 0 aliphatic carbocycles. The van der Waals surface area contributed by atoms with Gasteiger partial charge in [-0.15, -0.1) is 0 Å². The van der Waals surface area contributed by atoms with Crippen LogP contribution in [0.25, 0.3) is 11.0 Å². The molecule has 0 unspecified atom stereocenters. The van der Waals surface area contributed by atoms with Crippen molar-refractivity contribution in [3.8, 4) is 0 Å². The summed E-state index contributed by atoms with van der Waals surface area (Å²) in [5.41, 5.74) is 4.59. The smallest absolute Gasteiger partial charge is 0.224 e. The number of aromatic nitrogens is 2. The van der Waals surface area contributed by atoms with Crippen LogP contribution >= 0.6 is 11.6 Å². The summed E-state index contributed by atoms with van der Waals surface area (Å²) in [5.74, 6) is -0.102. The number of para-hydroxylation sites is 2. The number of carbonyl (C=O) groups excluding carboxylic acids is 2. The second kappa shape index (κ2) is 10.1. The minimum Gasteiger partial charge on any atom is -0.341 e. The van der Waals surface area contributed by atoms with Crippen molar-refractivity contribution in [3.63, 3.8) is 0 Å². The normalized spacial score (nSPS) is 11.0. The van der Waals surface area contributed by atoms with Gasteiger partial charge < -0.3 is 14.0 Å². The van der Waals surface area contributed by atoms with Gasteiger partial charge in [0, 0.05) is 37.1 Å². The Morgan fingerprint density at radius 2 is 1.62 bits per heavy atom. The summed E-state index contributed by atoms with van der Waals surface area (Å²) in [7, 11) is 1.80. The summed E-state index contributed by atoms with van der Waals surface area (Å²) in [6.45, 7) is 2.97. The third kappa shape index (κ3) is 5.13. The molecule has 4 aromatic rings. The zero-order valence-corrected chi connectivity index (χ0v) is 20.0. The van der Waals surface area contributed by atoms with E-state index < -0.39 is 0 Å². The topological polar surface area (TPSA) is 71.1 Å². The number of imidazole rings is 1. The van der Waals surface area contributed by atoms with Crippen LogP contribution in [0.2, 0.25) is 5.02 Å². The summed E-state index contributed by atoms with van der Waals surface area (Å²) in [6, 6.07) is 22.5. The summed E-state index contributed by atoms with van der Waals surface area (Å²) >= 11 is 5.94. The molecule has 7 heteroatoms. The van der Waals surface area contributed by atoms with Crippen LogP contribution in [0, 0.1) is 12.3 Å². The summed E-state index contributed by atoms with van der Waals surface area (Å²) < 4.78 is 3.48. The van der Waals surface area contributed by atoms with Crippen molar-refractivity contribution in [2.45, 2.75) is 33.0 Å². The van der Waals surface area contributed by atoms with Crippen molar-refractivity contribution in [2.75, 3.05) is 7.05 Å². The van der Waals surface area contributed by atoms with Gasteiger partial charge in [-0.25, -0.2) is 0 Å². The van der Waals surface area contributed by atoms with E-state index in [4.69, 9.17) is 17.0 Å². The molecule has 6 nitrogen and oxygen atoms in total. The first-order chi connectivity index (χ1) is 16.3. The molecule has 0 fully saturated rings. The molecule has 0 saturated carbocycles. The summed E-state index contributed by atoms with van der Waals surface area (Å²) in [4.78, 5) is 27.4. The van der Waals surface area contributed by atoms with Gasteiger partial charge >= 0.3 is 0 Å². The lowest BCUT2D eigenvalue weighted by Gasteiger charge is -2.18. The maximum atomic E-state index is 12.9. The number of carbonyl (C=O) groups is 2. The number of fused-ring (bicyclic) bond motifs is 1. The van der Waals surface area contributed by atoms with Crippen LogP contribution in [-0.2, 0) is 24.4 Å². The molecule has 1 heterocycles. The van der Waals surface area contributed by atoms with E-state index in [1.54, 1.807) is 45.3 Å². The van der Waals surface area contributed by atoms with Gasteiger partial charge in [-0.1, -0.05) is 53.6 Å². The number of aryl methyl sites for hydroxylation is 2. The number of Topliss-reactive ketones (excluding diaryl/α,β-unsaturated/α-hetero) is 1. The number of amides is 1. The fourth-order valence-electron chi connectivity index (χ4n) is 4.12. The Hall–Kier alpha value is -3.64. The van der Waals surface area contributed by atoms with E-state index in [-0.39, 0.29) is 30.3 Å². The van der Waals surface area contributed by atoms with E-state index in [1.165, 1.54) is 0 Å². The first-order valence-electron chi connectivity index (χ1n) is 11.1. The first-order valence-corrected chi connectivity index (χ1v) is 11.5. The van der Waals surface area contributed by atoms with Crippen molar-refractivity contribution in [1.29, 1.82) is 5.41 Å². The van der Waals surface area contributed by atoms with E-state index >= 15 is 0 Å². The van der Waals surface area contributed by atoms with Gasteiger partial charge in [0.2, 0.25) is 11.5 Å². The lowest BCUT2D eigenvalue weighted by Crippen LogP contribution is -2.31. The lowest BCUT2D eigenvalue weighted by atomic mass is 10.1. The third-order valence-corrected chi connectivity index (χ3v) is 6.17. The largest absolute Gasteiger partial charge is 0.341 e. The molecular formula is C27H27ClN4O2. The average Bonchev–Trinajstić information content (AvgIpc) is 3.08. The molecule has 0 radical (unpaired) electrons. The quantitative estimate of drug-likeness (QED) is 0.372. The predicted molar refractivity (Wildman–Crippen MR) is 134 cm³/mol. The van der Waals surface area contributed by atoms with E-state index in [1.807, 2.05) is 49.4 Å². The summed E-state index contributed by atoms with van der Waals surface area (Å²) in [6.07, 6.45) is 0.262. The van der Waals surface area contributed by atoms with Gasteiger partial charge in [-0.2, -0.15) is 0 Å².